The Morgan fingerprint density at radius 3 is 2.35 bits per heavy atom. The minimum atomic E-state index is 0.0954. The highest BCUT2D eigenvalue weighted by Crippen LogP contribution is 2.41. The van der Waals surface area contributed by atoms with Gasteiger partial charge >= 0.3 is 0 Å². The molecule has 1 heterocycles. The molecule has 0 saturated carbocycles. The smallest absolute Gasteiger partial charge is 0.0990 e. The van der Waals surface area contributed by atoms with Gasteiger partial charge < -0.3 is 0 Å². The molecule has 90 valence electrons. The second-order valence-corrected chi connectivity index (χ2v) is 7.19. The van der Waals surface area contributed by atoms with E-state index in [1.807, 2.05) is 6.07 Å². The quantitative estimate of drug-likeness (QED) is 0.570. The van der Waals surface area contributed by atoms with E-state index in [9.17, 15) is 0 Å². The summed E-state index contributed by atoms with van der Waals surface area (Å²) in [5.41, 5.74) is 4.81. The second kappa shape index (κ2) is 5.31. The van der Waals surface area contributed by atoms with Crippen molar-refractivity contribution < 1.29 is 0 Å². The molecule has 0 aliphatic heterocycles. The fourth-order valence-corrected chi connectivity index (χ4v) is 4.09. The molecule has 4 heteroatoms. The summed E-state index contributed by atoms with van der Waals surface area (Å²) in [5, 5.41) is 0. The molecule has 0 radical (unpaired) electrons. The van der Waals surface area contributed by atoms with Crippen LogP contribution in [0.1, 0.15) is 27.1 Å². The zero-order chi connectivity index (χ0) is 12.6. The van der Waals surface area contributed by atoms with E-state index >= 15 is 0 Å². The molecular formula is C13H11BrCl2S. The summed E-state index contributed by atoms with van der Waals surface area (Å²) in [5.74, 6) is 0. The van der Waals surface area contributed by atoms with E-state index in [1.54, 1.807) is 0 Å². The lowest BCUT2D eigenvalue weighted by Gasteiger charge is -2.11. The van der Waals surface area contributed by atoms with E-state index in [0.29, 0.717) is 0 Å². The molecule has 0 N–H and O–H groups in total. The third-order valence-corrected chi connectivity index (χ3v) is 5.32. The maximum Gasteiger partial charge on any atom is 0.0990 e. The Hall–Kier alpha value is -0.0200. The number of thiophene rings is 1. The maximum absolute atomic E-state index is 6.16. The van der Waals surface area contributed by atoms with Gasteiger partial charge in [-0.15, -0.1) is 11.3 Å². The molecule has 1 atom stereocenters. The van der Waals surface area contributed by atoms with Crippen LogP contribution in [-0.2, 0) is 0 Å². The van der Waals surface area contributed by atoms with Crippen LogP contribution in [0.3, 0.4) is 0 Å². The van der Waals surface area contributed by atoms with E-state index in [1.165, 1.54) is 28.0 Å². The van der Waals surface area contributed by atoms with Crippen LogP contribution in [-0.4, -0.2) is 0 Å². The first kappa shape index (κ1) is 13.4. The van der Waals surface area contributed by atoms with Crippen molar-refractivity contribution in [2.24, 2.45) is 0 Å². The molecule has 0 amide bonds. The minimum absolute atomic E-state index is 0.0954. The Morgan fingerprint density at radius 2 is 1.82 bits per heavy atom. The van der Waals surface area contributed by atoms with Crippen molar-refractivity contribution in [3.63, 3.8) is 0 Å². The Kier molecular flexibility index (Phi) is 4.19. The number of alkyl halides is 1. The van der Waals surface area contributed by atoms with Crippen LogP contribution in [0.2, 0.25) is 8.67 Å². The van der Waals surface area contributed by atoms with E-state index in [-0.39, 0.29) is 4.83 Å². The molecule has 0 saturated heterocycles. The fraction of sp³-hybridized carbons (Fsp3) is 0.231. The van der Waals surface area contributed by atoms with Gasteiger partial charge in [0.2, 0.25) is 0 Å². The van der Waals surface area contributed by atoms with Crippen molar-refractivity contribution in [1.82, 2.24) is 0 Å². The van der Waals surface area contributed by atoms with Crippen LogP contribution < -0.4 is 0 Å². The van der Waals surface area contributed by atoms with Gasteiger partial charge in [0.15, 0.2) is 0 Å². The molecule has 0 spiro atoms. The summed E-state index contributed by atoms with van der Waals surface area (Å²) in [7, 11) is 0. The van der Waals surface area contributed by atoms with Crippen LogP contribution in [0.4, 0.5) is 0 Å². The normalized spacial score (nSPS) is 12.8. The van der Waals surface area contributed by atoms with Crippen molar-refractivity contribution in [3.05, 3.63) is 55.2 Å². The number of halogens is 3. The van der Waals surface area contributed by atoms with Gasteiger partial charge in [0.1, 0.15) is 0 Å². The third-order valence-electron chi connectivity index (χ3n) is 2.78. The standard InChI is InChI=1S/C13H11BrCl2S/c1-7-3-4-9(5-8(7)2)12(14)10-6-11(15)17-13(10)16/h3-6,12H,1-2H3. The number of hydrogen-bond acceptors (Lipinski definition) is 1. The van der Waals surface area contributed by atoms with Gasteiger partial charge in [-0.1, -0.05) is 57.3 Å². The lowest BCUT2D eigenvalue weighted by atomic mass is 10.0. The Balaban J connectivity index is 2.40. The highest BCUT2D eigenvalue weighted by molar-refractivity contribution is 9.09. The van der Waals surface area contributed by atoms with Gasteiger partial charge in [-0.2, -0.15) is 0 Å². The summed E-state index contributed by atoms with van der Waals surface area (Å²) in [6.45, 7) is 4.22. The first-order valence-corrected chi connectivity index (χ1v) is 7.64. The fourth-order valence-electron chi connectivity index (χ4n) is 1.63. The van der Waals surface area contributed by atoms with Crippen LogP contribution in [0.15, 0.2) is 24.3 Å². The molecule has 2 rings (SSSR count). The second-order valence-electron chi connectivity index (χ2n) is 3.99. The molecule has 0 aliphatic carbocycles. The molecule has 2 aromatic rings. The van der Waals surface area contributed by atoms with E-state index < -0.39 is 0 Å². The molecule has 1 unspecified atom stereocenters. The summed E-state index contributed by atoms with van der Waals surface area (Å²) in [4.78, 5) is 0.0954. The van der Waals surface area contributed by atoms with Gasteiger partial charge in [-0.05, 0) is 36.6 Å². The van der Waals surface area contributed by atoms with Gasteiger partial charge in [0.05, 0.1) is 13.5 Å². The highest BCUT2D eigenvalue weighted by Gasteiger charge is 2.17. The first-order valence-electron chi connectivity index (χ1n) is 5.15. The monoisotopic (exact) mass is 348 g/mol. The predicted octanol–water partition coefficient (Wildman–Crippen LogP) is 6.16. The van der Waals surface area contributed by atoms with Crippen LogP contribution in [0.25, 0.3) is 0 Å². The molecular weight excluding hydrogens is 339 g/mol. The Morgan fingerprint density at radius 1 is 1.12 bits per heavy atom. The van der Waals surface area contributed by atoms with Crippen LogP contribution >= 0.6 is 50.5 Å². The van der Waals surface area contributed by atoms with Gasteiger partial charge in [0, 0.05) is 5.56 Å². The molecule has 0 nitrogen and oxygen atoms in total. The number of benzene rings is 1. The maximum atomic E-state index is 6.16. The van der Waals surface area contributed by atoms with E-state index in [0.717, 1.165) is 14.2 Å². The highest BCUT2D eigenvalue weighted by atomic mass is 79.9. The zero-order valence-electron chi connectivity index (χ0n) is 9.43. The Bertz CT molecular complexity index is 548. The molecule has 0 aliphatic rings. The topological polar surface area (TPSA) is 0 Å². The average Bonchev–Trinajstić information content (AvgIpc) is 2.61. The van der Waals surface area contributed by atoms with Gasteiger partial charge in [0.25, 0.3) is 0 Å². The largest absolute Gasteiger partial charge is 0.111 e. The van der Waals surface area contributed by atoms with E-state index in [4.69, 9.17) is 23.2 Å². The lowest BCUT2D eigenvalue weighted by Crippen LogP contribution is -1.93. The van der Waals surface area contributed by atoms with Gasteiger partial charge in [-0.25, -0.2) is 0 Å². The van der Waals surface area contributed by atoms with Crippen molar-refractivity contribution in [1.29, 1.82) is 0 Å². The number of rotatable bonds is 2. The van der Waals surface area contributed by atoms with Crippen LogP contribution in [0.5, 0.6) is 0 Å². The van der Waals surface area contributed by atoms with Crippen molar-refractivity contribution in [2.45, 2.75) is 18.7 Å². The lowest BCUT2D eigenvalue weighted by molar-refractivity contribution is 1.17. The summed E-state index contributed by atoms with van der Waals surface area (Å²) < 4.78 is 1.47. The van der Waals surface area contributed by atoms with Crippen LogP contribution in [0, 0.1) is 13.8 Å². The summed E-state index contributed by atoms with van der Waals surface area (Å²) in [6.07, 6.45) is 0. The summed E-state index contributed by atoms with van der Waals surface area (Å²) >= 11 is 17.2. The average molecular weight is 350 g/mol. The van der Waals surface area contributed by atoms with Crippen molar-refractivity contribution in [2.75, 3.05) is 0 Å². The number of hydrogen-bond donors (Lipinski definition) is 0. The molecule has 17 heavy (non-hydrogen) atoms. The molecule has 0 bridgehead atoms. The minimum Gasteiger partial charge on any atom is -0.111 e. The third kappa shape index (κ3) is 2.87. The first-order chi connectivity index (χ1) is 7.99. The van der Waals surface area contributed by atoms with Gasteiger partial charge in [-0.3, -0.25) is 0 Å². The number of aryl methyl sites for hydroxylation is 2. The zero-order valence-corrected chi connectivity index (χ0v) is 13.3. The predicted molar refractivity (Wildman–Crippen MR) is 81.0 cm³/mol. The Labute approximate surface area is 124 Å². The molecule has 1 aromatic heterocycles. The van der Waals surface area contributed by atoms with Crippen molar-refractivity contribution in [3.8, 4) is 0 Å². The van der Waals surface area contributed by atoms with Crippen molar-refractivity contribution >= 4 is 50.5 Å². The van der Waals surface area contributed by atoms with E-state index in [2.05, 4.69) is 48.0 Å². The molecule has 0 fully saturated rings. The summed E-state index contributed by atoms with van der Waals surface area (Å²) in [6, 6.07) is 8.34. The molecule has 1 aromatic carbocycles. The SMILES string of the molecule is Cc1ccc(C(Br)c2cc(Cl)sc2Cl)cc1C.